The molecule has 1 aliphatic heterocycles. The average Bonchev–Trinajstić information content (AvgIpc) is 2.61. The molecule has 1 heterocycles. The third-order valence-corrected chi connectivity index (χ3v) is 4.73. The van der Waals surface area contributed by atoms with Crippen LogP contribution in [0.1, 0.15) is 30.9 Å². The summed E-state index contributed by atoms with van der Waals surface area (Å²) in [5.41, 5.74) is 0.477. The van der Waals surface area contributed by atoms with Gasteiger partial charge in [0.2, 0.25) is 0 Å². The van der Waals surface area contributed by atoms with Crippen molar-refractivity contribution < 1.29 is 19.4 Å². The Bertz CT molecular complexity index is 832. The molecule has 5 nitrogen and oxygen atoms in total. The molecular weight excluding hydrogens is 354 g/mol. The van der Waals surface area contributed by atoms with Crippen molar-refractivity contribution in [3.05, 3.63) is 64.7 Å². The number of ether oxygens (including phenoxy) is 1. The number of benzene rings is 2. The molecule has 6 heteroatoms. The highest BCUT2D eigenvalue weighted by atomic mass is 35.5. The van der Waals surface area contributed by atoms with Gasteiger partial charge < -0.3 is 14.7 Å². The number of hydrogen-bond acceptors (Lipinski definition) is 3. The van der Waals surface area contributed by atoms with Crippen LogP contribution < -0.4 is 4.74 Å². The molecule has 0 saturated heterocycles. The molecule has 0 aliphatic carbocycles. The van der Waals surface area contributed by atoms with Crippen LogP contribution in [0.2, 0.25) is 5.02 Å². The fraction of sp³-hybridized carbons (Fsp3) is 0.300. The topological polar surface area (TPSA) is 66.8 Å². The fourth-order valence-electron chi connectivity index (χ4n) is 3.19. The summed E-state index contributed by atoms with van der Waals surface area (Å²) in [5.74, 6) is -1.41. The summed E-state index contributed by atoms with van der Waals surface area (Å²) in [6, 6.07) is 14.1. The minimum atomic E-state index is -1.14. The second-order valence-electron chi connectivity index (χ2n) is 6.84. The summed E-state index contributed by atoms with van der Waals surface area (Å²) in [6.45, 7) is 3.85. The molecule has 0 radical (unpaired) electrons. The highest BCUT2D eigenvalue weighted by Gasteiger charge is 2.39. The standard InChI is InChI=1S/C20H20ClNO4/c1-20(2,26-15-9-7-14(21)8-10-15)19(25)22-11-13-5-3-4-6-16(13)17(12-22)18(23)24/h3-10,17H,11-12H2,1-2H3,(H,23,24). The van der Waals surface area contributed by atoms with E-state index in [9.17, 15) is 14.7 Å². The lowest BCUT2D eigenvalue weighted by atomic mass is 9.89. The van der Waals surface area contributed by atoms with Crippen molar-refractivity contribution in [2.24, 2.45) is 0 Å². The van der Waals surface area contributed by atoms with Gasteiger partial charge in [0.05, 0.1) is 5.92 Å². The summed E-state index contributed by atoms with van der Waals surface area (Å²) in [6.07, 6.45) is 0. The largest absolute Gasteiger partial charge is 0.481 e. The third kappa shape index (κ3) is 3.68. The minimum absolute atomic E-state index is 0.124. The molecular formula is C20H20ClNO4. The van der Waals surface area contributed by atoms with E-state index >= 15 is 0 Å². The first-order chi connectivity index (χ1) is 12.3. The van der Waals surface area contributed by atoms with Crippen LogP contribution in [-0.4, -0.2) is 34.0 Å². The summed E-state index contributed by atoms with van der Waals surface area (Å²) < 4.78 is 5.86. The van der Waals surface area contributed by atoms with E-state index in [0.717, 1.165) is 11.1 Å². The summed E-state index contributed by atoms with van der Waals surface area (Å²) >= 11 is 5.87. The zero-order valence-corrected chi connectivity index (χ0v) is 15.4. The molecule has 2 aromatic rings. The van der Waals surface area contributed by atoms with E-state index in [2.05, 4.69) is 0 Å². The van der Waals surface area contributed by atoms with Crippen molar-refractivity contribution in [3.8, 4) is 5.75 Å². The second kappa shape index (κ2) is 7.00. The fourth-order valence-corrected chi connectivity index (χ4v) is 3.32. The molecule has 1 aliphatic rings. The van der Waals surface area contributed by atoms with Gasteiger partial charge in [-0.2, -0.15) is 0 Å². The Labute approximate surface area is 157 Å². The van der Waals surface area contributed by atoms with Crippen LogP contribution in [0.15, 0.2) is 48.5 Å². The van der Waals surface area contributed by atoms with Crippen LogP contribution in [0.25, 0.3) is 0 Å². The first-order valence-electron chi connectivity index (χ1n) is 8.32. The van der Waals surface area contributed by atoms with E-state index in [1.54, 1.807) is 43.0 Å². The second-order valence-corrected chi connectivity index (χ2v) is 7.28. The van der Waals surface area contributed by atoms with Crippen LogP contribution >= 0.6 is 11.6 Å². The van der Waals surface area contributed by atoms with E-state index in [1.165, 1.54) is 0 Å². The lowest BCUT2D eigenvalue weighted by Gasteiger charge is -2.37. The average molecular weight is 374 g/mol. The molecule has 26 heavy (non-hydrogen) atoms. The predicted molar refractivity (Wildman–Crippen MR) is 98.4 cm³/mol. The van der Waals surface area contributed by atoms with Gasteiger partial charge in [0, 0.05) is 18.1 Å². The van der Waals surface area contributed by atoms with Gasteiger partial charge in [0.15, 0.2) is 5.60 Å². The van der Waals surface area contributed by atoms with E-state index in [0.29, 0.717) is 17.3 Å². The predicted octanol–water partition coefficient (Wildman–Crippen LogP) is 3.71. The zero-order chi connectivity index (χ0) is 18.9. The first-order valence-corrected chi connectivity index (χ1v) is 8.70. The number of fused-ring (bicyclic) bond motifs is 1. The van der Waals surface area contributed by atoms with Crippen LogP contribution in [-0.2, 0) is 16.1 Å². The molecule has 1 amide bonds. The van der Waals surface area contributed by atoms with Crippen molar-refractivity contribution in [1.82, 2.24) is 4.90 Å². The highest BCUT2D eigenvalue weighted by molar-refractivity contribution is 6.30. The van der Waals surface area contributed by atoms with Crippen LogP contribution in [0.5, 0.6) is 5.75 Å². The molecule has 0 spiro atoms. The monoisotopic (exact) mass is 373 g/mol. The Morgan fingerprint density at radius 1 is 1.15 bits per heavy atom. The van der Waals surface area contributed by atoms with Crippen molar-refractivity contribution in [1.29, 1.82) is 0 Å². The Hall–Kier alpha value is -2.53. The van der Waals surface area contributed by atoms with Gasteiger partial charge >= 0.3 is 5.97 Å². The zero-order valence-electron chi connectivity index (χ0n) is 14.6. The Balaban J connectivity index is 1.82. The number of halogens is 1. The van der Waals surface area contributed by atoms with E-state index in [4.69, 9.17) is 16.3 Å². The van der Waals surface area contributed by atoms with E-state index < -0.39 is 17.5 Å². The molecule has 1 unspecified atom stereocenters. The maximum absolute atomic E-state index is 13.1. The van der Waals surface area contributed by atoms with Gasteiger partial charge in [-0.1, -0.05) is 35.9 Å². The van der Waals surface area contributed by atoms with Crippen molar-refractivity contribution >= 4 is 23.5 Å². The molecule has 1 N–H and O–H groups in total. The summed E-state index contributed by atoms with van der Waals surface area (Å²) in [7, 11) is 0. The third-order valence-electron chi connectivity index (χ3n) is 4.48. The number of carboxylic acids is 1. The highest BCUT2D eigenvalue weighted by Crippen LogP contribution is 2.31. The number of carboxylic acid groups (broad SMARTS) is 1. The number of nitrogens with zero attached hydrogens (tertiary/aromatic N) is 1. The molecule has 136 valence electrons. The van der Waals surface area contributed by atoms with Crippen molar-refractivity contribution in [2.75, 3.05) is 6.54 Å². The molecule has 2 aromatic carbocycles. The number of amides is 1. The number of aliphatic carboxylic acids is 1. The van der Waals surface area contributed by atoms with Gasteiger partial charge in [-0.15, -0.1) is 0 Å². The van der Waals surface area contributed by atoms with Gasteiger partial charge in [-0.25, -0.2) is 0 Å². The number of carbonyl (C=O) groups excluding carboxylic acids is 1. The maximum atomic E-state index is 13.1. The van der Waals surface area contributed by atoms with E-state index in [1.807, 2.05) is 24.3 Å². The van der Waals surface area contributed by atoms with Crippen LogP contribution in [0.3, 0.4) is 0 Å². The first kappa shape index (κ1) is 18.3. The van der Waals surface area contributed by atoms with Gasteiger partial charge in [0.25, 0.3) is 5.91 Å². The SMILES string of the molecule is CC(C)(Oc1ccc(Cl)cc1)C(=O)N1Cc2ccccc2C(C(=O)O)C1. The molecule has 0 saturated carbocycles. The minimum Gasteiger partial charge on any atom is -0.481 e. The number of carbonyl (C=O) groups is 2. The number of hydrogen-bond donors (Lipinski definition) is 1. The van der Waals surface area contributed by atoms with E-state index in [-0.39, 0.29) is 12.5 Å². The lowest BCUT2D eigenvalue weighted by molar-refractivity contribution is -0.149. The lowest BCUT2D eigenvalue weighted by Crippen LogP contribution is -2.51. The van der Waals surface area contributed by atoms with Crippen LogP contribution in [0.4, 0.5) is 0 Å². The molecule has 0 bridgehead atoms. The summed E-state index contributed by atoms with van der Waals surface area (Å²) in [4.78, 5) is 26.3. The Morgan fingerprint density at radius 3 is 2.46 bits per heavy atom. The molecule has 3 rings (SSSR count). The molecule has 1 atom stereocenters. The van der Waals surface area contributed by atoms with Gasteiger partial charge in [0.1, 0.15) is 5.75 Å². The Morgan fingerprint density at radius 2 is 1.81 bits per heavy atom. The van der Waals surface area contributed by atoms with Crippen molar-refractivity contribution in [2.45, 2.75) is 31.9 Å². The van der Waals surface area contributed by atoms with Gasteiger partial charge in [-0.05, 0) is 49.2 Å². The Kier molecular flexibility index (Phi) is 4.92. The smallest absolute Gasteiger partial charge is 0.312 e. The summed E-state index contributed by atoms with van der Waals surface area (Å²) in [5, 5.41) is 10.1. The van der Waals surface area contributed by atoms with Crippen molar-refractivity contribution in [3.63, 3.8) is 0 Å². The van der Waals surface area contributed by atoms with Crippen LogP contribution in [0, 0.1) is 0 Å². The quantitative estimate of drug-likeness (QED) is 0.887. The normalized spacial score (nSPS) is 16.7. The van der Waals surface area contributed by atoms with Gasteiger partial charge in [-0.3, -0.25) is 9.59 Å². The number of rotatable bonds is 4. The maximum Gasteiger partial charge on any atom is 0.312 e. The molecule has 0 aromatic heterocycles. The molecule has 0 fully saturated rings.